The average Bonchev–Trinajstić information content (AvgIpc) is 2.29. The van der Waals surface area contributed by atoms with Gasteiger partial charge in [-0.2, -0.15) is 0 Å². The van der Waals surface area contributed by atoms with Crippen molar-refractivity contribution in [2.75, 3.05) is 13.1 Å². The molecule has 6 heteroatoms. The highest BCUT2D eigenvalue weighted by molar-refractivity contribution is 7.89. The fourth-order valence-electron chi connectivity index (χ4n) is 1.28. The highest BCUT2D eigenvalue weighted by Crippen LogP contribution is 2.16. The van der Waals surface area contributed by atoms with Crippen LogP contribution in [0.25, 0.3) is 0 Å². The topological polar surface area (TPSA) is 72.2 Å². The van der Waals surface area contributed by atoms with Crippen molar-refractivity contribution < 1.29 is 12.8 Å². The van der Waals surface area contributed by atoms with Gasteiger partial charge in [0.05, 0.1) is 4.90 Å². The van der Waals surface area contributed by atoms with Gasteiger partial charge < -0.3 is 5.73 Å². The summed E-state index contributed by atoms with van der Waals surface area (Å²) in [7, 11) is -3.66. The maximum atomic E-state index is 13.0. The molecule has 0 heterocycles. The predicted molar refractivity (Wildman–Crippen MR) is 64.5 cm³/mol. The first kappa shape index (κ1) is 14.1. The number of nitrogens with two attached hydrogens (primary N) is 1. The van der Waals surface area contributed by atoms with Gasteiger partial charge in [-0.25, -0.2) is 17.5 Å². The summed E-state index contributed by atoms with van der Waals surface area (Å²) in [6, 6.07) is 3.69. The molecule has 17 heavy (non-hydrogen) atoms. The highest BCUT2D eigenvalue weighted by Gasteiger charge is 2.17. The van der Waals surface area contributed by atoms with Gasteiger partial charge in [-0.05, 0) is 37.1 Å². The lowest BCUT2D eigenvalue weighted by Crippen LogP contribution is -2.31. The normalized spacial score (nSPS) is 13.6. The molecule has 0 aliphatic carbocycles. The molecule has 0 spiro atoms. The molecular weight excluding hydrogens is 243 g/mol. The maximum absolute atomic E-state index is 13.0. The Morgan fingerprint density at radius 2 is 2.12 bits per heavy atom. The molecular formula is C11H17FN2O2S. The average molecular weight is 260 g/mol. The SMILES string of the molecule is Cc1ccc(F)cc1S(=O)(=O)NCC(C)CN. The van der Waals surface area contributed by atoms with Gasteiger partial charge in [0.2, 0.25) is 10.0 Å². The zero-order valence-corrected chi connectivity index (χ0v) is 10.7. The minimum absolute atomic E-state index is 0.0262. The van der Waals surface area contributed by atoms with E-state index in [0.717, 1.165) is 6.07 Å². The van der Waals surface area contributed by atoms with Gasteiger partial charge in [0.15, 0.2) is 0 Å². The molecule has 96 valence electrons. The van der Waals surface area contributed by atoms with Crippen molar-refractivity contribution in [3.63, 3.8) is 0 Å². The number of sulfonamides is 1. The van der Waals surface area contributed by atoms with Gasteiger partial charge >= 0.3 is 0 Å². The van der Waals surface area contributed by atoms with E-state index in [0.29, 0.717) is 12.1 Å². The van der Waals surface area contributed by atoms with Gasteiger partial charge in [0, 0.05) is 6.54 Å². The zero-order valence-electron chi connectivity index (χ0n) is 9.90. The Labute approximate surface area is 101 Å². The molecule has 1 rings (SSSR count). The Morgan fingerprint density at radius 3 is 2.71 bits per heavy atom. The van der Waals surface area contributed by atoms with E-state index in [1.807, 2.05) is 6.92 Å². The molecule has 1 aromatic carbocycles. The van der Waals surface area contributed by atoms with Gasteiger partial charge in [0.25, 0.3) is 0 Å². The second-order valence-electron chi connectivity index (χ2n) is 4.10. The number of nitrogens with one attached hydrogen (secondary N) is 1. The first-order valence-electron chi connectivity index (χ1n) is 5.32. The maximum Gasteiger partial charge on any atom is 0.240 e. The van der Waals surface area contributed by atoms with Crippen LogP contribution in [0.5, 0.6) is 0 Å². The van der Waals surface area contributed by atoms with Gasteiger partial charge in [-0.3, -0.25) is 0 Å². The summed E-state index contributed by atoms with van der Waals surface area (Å²) in [5.41, 5.74) is 5.91. The first-order chi connectivity index (χ1) is 7.86. The quantitative estimate of drug-likeness (QED) is 0.830. The van der Waals surface area contributed by atoms with Crippen LogP contribution in [-0.4, -0.2) is 21.5 Å². The van der Waals surface area contributed by atoms with Crippen LogP contribution in [0.4, 0.5) is 4.39 Å². The number of halogens is 1. The molecule has 0 saturated carbocycles. The standard InChI is InChI=1S/C11H17FN2O2S/c1-8(6-13)7-14-17(15,16)11-5-10(12)4-3-9(11)2/h3-5,8,14H,6-7,13H2,1-2H3. The molecule has 3 N–H and O–H groups in total. The first-order valence-corrected chi connectivity index (χ1v) is 6.81. The van der Waals surface area contributed by atoms with E-state index in [9.17, 15) is 12.8 Å². The summed E-state index contributed by atoms with van der Waals surface area (Å²) >= 11 is 0. The summed E-state index contributed by atoms with van der Waals surface area (Å²) in [4.78, 5) is -0.0262. The second-order valence-corrected chi connectivity index (χ2v) is 5.84. The van der Waals surface area contributed by atoms with Crippen LogP contribution in [0.3, 0.4) is 0 Å². The van der Waals surface area contributed by atoms with Crippen LogP contribution in [-0.2, 0) is 10.0 Å². The van der Waals surface area contributed by atoms with E-state index in [2.05, 4.69) is 4.72 Å². The largest absolute Gasteiger partial charge is 0.330 e. The smallest absolute Gasteiger partial charge is 0.240 e. The van der Waals surface area contributed by atoms with E-state index in [4.69, 9.17) is 5.73 Å². The van der Waals surface area contributed by atoms with Crippen molar-refractivity contribution >= 4 is 10.0 Å². The van der Waals surface area contributed by atoms with E-state index >= 15 is 0 Å². The summed E-state index contributed by atoms with van der Waals surface area (Å²) in [5, 5.41) is 0. The highest BCUT2D eigenvalue weighted by atomic mass is 32.2. The lowest BCUT2D eigenvalue weighted by atomic mass is 10.2. The number of hydrogen-bond acceptors (Lipinski definition) is 3. The Balaban J connectivity index is 2.93. The lowest BCUT2D eigenvalue weighted by molar-refractivity contribution is 0.543. The van der Waals surface area contributed by atoms with Gasteiger partial charge in [-0.15, -0.1) is 0 Å². The third kappa shape index (κ3) is 3.76. The summed E-state index contributed by atoms with van der Waals surface area (Å²) < 4.78 is 39.3. The Morgan fingerprint density at radius 1 is 1.47 bits per heavy atom. The molecule has 1 aromatic rings. The molecule has 0 amide bonds. The van der Waals surface area contributed by atoms with Crippen molar-refractivity contribution in [3.05, 3.63) is 29.6 Å². The van der Waals surface area contributed by atoms with Crippen LogP contribution in [0.15, 0.2) is 23.1 Å². The minimum Gasteiger partial charge on any atom is -0.330 e. The third-order valence-electron chi connectivity index (χ3n) is 2.46. The summed E-state index contributed by atoms with van der Waals surface area (Å²) in [6.07, 6.45) is 0. The molecule has 1 unspecified atom stereocenters. The Bertz CT molecular complexity index is 488. The van der Waals surface area contributed by atoms with Crippen molar-refractivity contribution in [3.8, 4) is 0 Å². The predicted octanol–water partition coefficient (Wildman–Crippen LogP) is 1.01. The third-order valence-corrected chi connectivity index (χ3v) is 4.03. The fourth-order valence-corrected chi connectivity index (χ4v) is 2.70. The number of rotatable bonds is 5. The van der Waals surface area contributed by atoms with Crippen LogP contribution >= 0.6 is 0 Å². The van der Waals surface area contributed by atoms with Crippen LogP contribution in [0, 0.1) is 18.7 Å². The van der Waals surface area contributed by atoms with Crippen LogP contribution in [0.1, 0.15) is 12.5 Å². The minimum atomic E-state index is -3.66. The number of aryl methyl sites for hydroxylation is 1. The molecule has 0 bridgehead atoms. The molecule has 0 radical (unpaired) electrons. The van der Waals surface area contributed by atoms with Crippen molar-refractivity contribution in [2.45, 2.75) is 18.7 Å². The monoisotopic (exact) mass is 260 g/mol. The molecule has 0 aliphatic rings. The summed E-state index contributed by atoms with van der Waals surface area (Å²) in [6.45, 7) is 4.10. The molecule has 4 nitrogen and oxygen atoms in total. The van der Waals surface area contributed by atoms with Crippen LogP contribution < -0.4 is 10.5 Å². The Hall–Kier alpha value is -0.980. The van der Waals surface area contributed by atoms with E-state index in [1.165, 1.54) is 12.1 Å². The molecule has 0 aromatic heterocycles. The molecule has 1 atom stereocenters. The Kier molecular flexibility index (Phi) is 4.62. The van der Waals surface area contributed by atoms with Crippen molar-refractivity contribution in [1.29, 1.82) is 0 Å². The zero-order chi connectivity index (χ0) is 13.1. The second kappa shape index (κ2) is 5.57. The molecule has 0 fully saturated rings. The molecule has 0 saturated heterocycles. The number of hydrogen-bond donors (Lipinski definition) is 2. The van der Waals surface area contributed by atoms with Gasteiger partial charge in [0.1, 0.15) is 5.82 Å². The lowest BCUT2D eigenvalue weighted by Gasteiger charge is -2.12. The van der Waals surface area contributed by atoms with Crippen LogP contribution in [0.2, 0.25) is 0 Å². The number of benzene rings is 1. The van der Waals surface area contributed by atoms with E-state index in [1.54, 1.807) is 6.92 Å². The van der Waals surface area contributed by atoms with Crippen molar-refractivity contribution in [1.82, 2.24) is 4.72 Å². The molecule has 0 aliphatic heterocycles. The van der Waals surface area contributed by atoms with E-state index in [-0.39, 0.29) is 17.4 Å². The van der Waals surface area contributed by atoms with Gasteiger partial charge in [-0.1, -0.05) is 13.0 Å². The van der Waals surface area contributed by atoms with Crippen molar-refractivity contribution in [2.24, 2.45) is 11.7 Å². The fraction of sp³-hybridized carbons (Fsp3) is 0.455. The van der Waals surface area contributed by atoms with E-state index < -0.39 is 15.8 Å². The summed E-state index contributed by atoms with van der Waals surface area (Å²) in [5.74, 6) is -0.526.